The zero-order valence-corrected chi connectivity index (χ0v) is 19.3. The summed E-state index contributed by atoms with van der Waals surface area (Å²) in [5.41, 5.74) is 0.694. The number of hydrogen-bond acceptors (Lipinski definition) is 8. The second-order valence-corrected chi connectivity index (χ2v) is 8.06. The molecule has 0 bridgehead atoms. The molecule has 0 aromatic carbocycles. The molecule has 0 amide bonds. The molecule has 2 atom stereocenters. The van der Waals surface area contributed by atoms with E-state index in [4.69, 9.17) is 16.1 Å². The molecule has 0 N–H and O–H groups in total. The van der Waals surface area contributed by atoms with Crippen LogP contribution in [0.2, 0.25) is 5.02 Å². The molecule has 2 unspecified atom stereocenters. The highest BCUT2D eigenvalue weighted by molar-refractivity contribution is 6.30. The lowest BCUT2D eigenvalue weighted by Crippen LogP contribution is -2.22. The molecule has 6 rings (SSSR count). The van der Waals surface area contributed by atoms with Crippen LogP contribution in [0.1, 0.15) is 26.2 Å². The monoisotopic (exact) mass is 474 g/mol. The number of aromatic nitrogens is 7. The van der Waals surface area contributed by atoms with Gasteiger partial charge < -0.3 is 14.0 Å². The summed E-state index contributed by atoms with van der Waals surface area (Å²) < 4.78 is 20.7. The number of halogens is 2. The topological polar surface area (TPSA) is 108 Å². The highest BCUT2D eigenvalue weighted by Gasteiger charge is 2.45. The molecular weight excluding hydrogens is 451 g/mol. The van der Waals surface area contributed by atoms with Crippen LogP contribution in [0.25, 0.3) is 11.2 Å². The molecular formula is C21H24ClFN8O2. The lowest BCUT2D eigenvalue weighted by atomic mass is 10.4. The third kappa shape index (κ3) is 4.87. The summed E-state index contributed by atoms with van der Waals surface area (Å²) in [6.45, 7) is 6.31. The van der Waals surface area contributed by atoms with Crippen molar-refractivity contribution in [3.8, 4) is 0 Å². The van der Waals surface area contributed by atoms with Crippen LogP contribution in [0.15, 0.2) is 40.6 Å². The summed E-state index contributed by atoms with van der Waals surface area (Å²) in [6, 6.07) is 1.61. The molecule has 12 heteroatoms. The normalized spacial score (nSPS) is 18.3. The largest absolute Gasteiger partial charge is 0.356 e. The third-order valence-corrected chi connectivity index (χ3v) is 5.80. The van der Waals surface area contributed by atoms with Crippen molar-refractivity contribution in [2.75, 3.05) is 18.0 Å². The van der Waals surface area contributed by atoms with Crippen molar-refractivity contribution < 1.29 is 8.91 Å². The molecule has 1 saturated heterocycles. The average molecular weight is 475 g/mol. The van der Waals surface area contributed by atoms with Crippen molar-refractivity contribution in [2.24, 2.45) is 18.9 Å². The Labute approximate surface area is 194 Å². The fraction of sp³-hybridized carbons (Fsp3) is 0.429. The van der Waals surface area contributed by atoms with Crippen LogP contribution in [-0.4, -0.2) is 47.3 Å². The lowest BCUT2D eigenvalue weighted by Gasteiger charge is -2.18. The number of aryl methyl sites for hydroxylation is 1. The average Bonchev–Trinajstić information content (AvgIpc) is 3.21. The van der Waals surface area contributed by atoms with Crippen molar-refractivity contribution in [3.63, 3.8) is 0 Å². The second kappa shape index (κ2) is 9.65. The van der Waals surface area contributed by atoms with Gasteiger partial charge in [-0.15, -0.1) is 0 Å². The van der Waals surface area contributed by atoms with Gasteiger partial charge in [-0.2, -0.15) is 4.98 Å². The Bertz CT molecular complexity index is 1280. The van der Waals surface area contributed by atoms with Gasteiger partial charge in [0.2, 0.25) is 5.89 Å². The van der Waals surface area contributed by atoms with Crippen LogP contribution in [0, 0.1) is 17.7 Å². The van der Waals surface area contributed by atoms with E-state index in [-0.39, 0.29) is 17.1 Å². The van der Waals surface area contributed by atoms with E-state index in [1.165, 1.54) is 29.8 Å². The fourth-order valence-electron chi connectivity index (χ4n) is 3.76. The first kappa shape index (κ1) is 22.8. The molecule has 0 spiro atoms. The Hall–Kier alpha value is -3.34. The van der Waals surface area contributed by atoms with Crippen LogP contribution < -0.4 is 10.5 Å². The van der Waals surface area contributed by atoms with E-state index in [0.717, 1.165) is 30.7 Å². The van der Waals surface area contributed by atoms with Crippen molar-refractivity contribution in [1.82, 2.24) is 34.2 Å². The number of pyridine rings is 1. The molecule has 2 aliphatic rings. The molecule has 174 valence electrons. The minimum absolute atomic E-state index is 0.163. The second-order valence-electron chi connectivity index (χ2n) is 7.66. The fourth-order valence-corrected chi connectivity index (χ4v) is 3.90. The van der Waals surface area contributed by atoms with Gasteiger partial charge in [0.05, 0.1) is 17.5 Å². The maximum absolute atomic E-state index is 12.9. The van der Waals surface area contributed by atoms with Crippen molar-refractivity contribution >= 4 is 28.6 Å². The molecule has 1 saturated carbocycles. The van der Waals surface area contributed by atoms with E-state index in [0.29, 0.717) is 17.1 Å². The number of piperidine rings is 1. The third-order valence-electron chi connectivity index (χ3n) is 5.51. The molecule has 10 nitrogen and oxygen atoms in total. The molecule has 1 aliphatic heterocycles. The zero-order valence-electron chi connectivity index (χ0n) is 18.5. The predicted molar refractivity (Wildman–Crippen MR) is 121 cm³/mol. The van der Waals surface area contributed by atoms with Crippen LogP contribution in [0.4, 0.5) is 10.2 Å². The molecule has 33 heavy (non-hydrogen) atoms. The Morgan fingerprint density at radius 2 is 1.88 bits per heavy atom. The van der Waals surface area contributed by atoms with E-state index < -0.39 is 5.82 Å². The summed E-state index contributed by atoms with van der Waals surface area (Å²) in [5.74, 6) is 2.42. The highest BCUT2D eigenvalue weighted by Crippen LogP contribution is 2.46. The maximum atomic E-state index is 12.9. The minimum atomic E-state index is -0.445. The summed E-state index contributed by atoms with van der Waals surface area (Å²) in [4.78, 5) is 30.3. The lowest BCUT2D eigenvalue weighted by molar-refractivity contribution is 0.368. The Balaban J connectivity index is 0.000000148. The van der Waals surface area contributed by atoms with Gasteiger partial charge in [-0.3, -0.25) is 9.36 Å². The first-order chi connectivity index (χ1) is 16.0. The Kier molecular flexibility index (Phi) is 6.68. The first-order valence-corrected chi connectivity index (χ1v) is 11.1. The molecule has 4 aromatic heterocycles. The van der Waals surface area contributed by atoms with Crippen LogP contribution in [0.3, 0.4) is 0 Å². The number of fused-ring (bicyclic) bond motifs is 2. The van der Waals surface area contributed by atoms with Gasteiger partial charge in [-0.05, 0) is 18.3 Å². The van der Waals surface area contributed by atoms with Crippen molar-refractivity contribution in [3.05, 3.63) is 58.3 Å². The Morgan fingerprint density at radius 3 is 2.55 bits per heavy atom. The SMILES string of the molecule is CC.Cn1cnc2ncn(Cc3ncno3)c(=O)c21.Fc1cnc(N2CC3CC3C2)cc1Cl. The standard InChI is InChI=1S/C10H10ClFN2.C9H8N6O2.C2H6/c11-8-2-10(13-3-9(8)12)14-4-6-1-7(6)5-14;1-14-4-11-8-7(14)9(16)15(5-12-8)2-6-10-3-13-17-6;1-2/h2-3,6-7H,1,4-5H2;3-5H,2H2,1H3;1-2H3. The van der Waals surface area contributed by atoms with Crippen LogP contribution in [0.5, 0.6) is 0 Å². The summed E-state index contributed by atoms with van der Waals surface area (Å²) in [7, 11) is 1.75. The van der Waals surface area contributed by atoms with Crippen molar-refractivity contribution in [2.45, 2.75) is 26.8 Å². The summed E-state index contributed by atoms with van der Waals surface area (Å²) >= 11 is 5.70. The number of hydrogen-bond donors (Lipinski definition) is 0. The summed E-state index contributed by atoms with van der Waals surface area (Å²) in [5, 5.41) is 3.64. The first-order valence-electron chi connectivity index (χ1n) is 10.7. The molecule has 0 radical (unpaired) electrons. The van der Waals surface area contributed by atoms with Gasteiger partial charge in [0.25, 0.3) is 5.56 Å². The minimum Gasteiger partial charge on any atom is -0.356 e. The van der Waals surface area contributed by atoms with Crippen LogP contribution >= 0.6 is 11.6 Å². The number of anilines is 1. The smallest absolute Gasteiger partial charge is 0.280 e. The van der Waals surface area contributed by atoms with E-state index in [1.54, 1.807) is 24.0 Å². The van der Waals surface area contributed by atoms with Gasteiger partial charge in [0.1, 0.15) is 18.7 Å². The quantitative estimate of drug-likeness (QED) is 0.446. The van der Waals surface area contributed by atoms with Gasteiger partial charge in [-0.1, -0.05) is 30.6 Å². The highest BCUT2D eigenvalue weighted by atomic mass is 35.5. The van der Waals surface area contributed by atoms with E-state index in [9.17, 15) is 9.18 Å². The number of nitrogens with zero attached hydrogens (tertiary/aromatic N) is 8. The van der Waals surface area contributed by atoms with E-state index in [1.807, 2.05) is 13.8 Å². The number of imidazole rings is 1. The summed E-state index contributed by atoms with van der Waals surface area (Å²) in [6.07, 6.45) is 6.81. The van der Waals surface area contributed by atoms with E-state index >= 15 is 0 Å². The number of rotatable bonds is 3. The van der Waals surface area contributed by atoms with Gasteiger partial charge in [0.15, 0.2) is 23.3 Å². The van der Waals surface area contributed by atoms with Crippen molar-refractivity contribution in [1.29, 1.82) is 0 Å². The van der Waals surface area contributed by atoms with Crippen LogP contribution in [-0.2, 0) is 13.6 Å². The Morgan fingerprint density at radius 1 is 1.15 bits per heavy atom. The maximum Gasteiger partial charge on any atom is 0.280 e. The molecule has 2 fully saturated rings. The molecule has 4 aromatic rings. The zero-order chi connectivity index (χ0) is 23.5. The molecule has 1 aliphatic carbocycles. The van der Waals surface area contributed by atoms with Gasteiger partial charge in [0, 0.05) is 26.2 Å². The van der Waals surface area contributed by atoms with Gasteiger partial charge >= 0.3 is 0 Å². The van der Waals surface area contributed by atoms with E-state index in [2.05, 4.69) is 30.0 Å². The molecule has 5 heterocycles. The van der Waals surface area contributed by atoms with Gasteiger partial charge in [-0.25, -0.2) is 19.3 Å². The predicted octanol–water partition coefficient (Wildman–Crippen LogP) is 2.92.